The maximum atomic E-state index is 10.2. The van der Waals surface area contributed by atoms with E-state index in [0.29, 0.717) is 17.3 Å². The number of aliphatic hydroxyl groups excluding tert-OH is 1. The molecule has 1 aromatic heterocycles. The maximum absolute atomic E-state index is 10.2. The maximum Gasteiger partial charge on any atom is 0.116 e. The Labute approximate surface area is 163 Å². The van der Waals surface area contributed by atoms with Crippen molar-refractivity contribution in [3.05, 3.63) is 42.0 Å². The van der Waals surface area contributed by atoms with Gasteiger partial charge in [-0.25, -0.2) is 9.97 Å². The Morgan fingerprint density at radius 1 is 1.11 bits per heavy atom. The minimum Gasteiger partial charge on any atom is -0.393 e. The third-order valence-electron chi connectivity index (χ3n) is 8.85. The van der Waals surface area contributed by atoms with Gasteiger partial charge in [0.2, 0.25) is 0 Å². The van der Waals surface area contributed by atoms with E-state index in [9.17, 15) is 5.11 Å². The van der Waals surface area contributed by atoms with Crippen molar-refractivity contribution >= 4 is 5.57 Å². The summed E-state index contributed by atoms with van der Waals surface area (Å²) in [5, 5.41) is 10.2. The predicted octanol–water partition coefficient (Wildman–Crippen LogP) is 5.04. The molecule has 0 spiro atoms. The van der Waals surface area contributed by atoms with E-state index < -0.39 is 0 Å². The minimum atomic E-state index is -0.126. The quantitative estimate of drug-likeness (QED) is 0.710. The first-order valence-electron chi connectivity index (χ1n) is 10.8. The van der Waals surface area contributed by atoms with Gasteiger partial charge in [-0.3, -0.25) is 0 Å². The molecule has 4 aliphatic rings. The van der Waals surface area contributed by atoms with Crippen molar-refractivity contribution in [1.29, 1.82) is 0 Å². The first-order chi connectivity index (χ1) is 12.9. The van der Waals surface area contributed by atoms with Crippen LogP contribution in [0.5, 0.6) is 0 Å². The van der Waals surface area contributed by atoms with Crippen LogP contribution in [0, 0.1) is 34.5 Å². The molecule has 3 nitrogen and oxygen atoms in total. The molecule has 2 fully saturated rings. The van der Waals surface area contributed by atoms with Crippen LogP contribution < -0.4 is 0 Å². The van der Waals surface area contributed by atoms with Gasteiger partial charge in [-0.05, 0) is 84.7 Å². The Morgan fingerprint density at radius 3 is 2.70 bits per heavy atom. The number of fused-ring (bicyclic) bond motifs is 5. The zero-order valence-electron chi connectivity index (χ0n) is 16.9. The monoisotopic (exact) mass is 364 g/mol. The fourth-order valence-corrected chi connectivity index (χ4v) is 7.42. The van der Waals surface area contributed by atoms with Crippen molar-refractivity contribution < 1.29 is 5.11 Å². The van der Waals surface area contributed by atoms with E-state index in [1.165, 1.54) is 24.8 Å². The minimum absolute atomic E-state index is 0.126. The zero-order chi connectivity index (χ0) is 18.8. The molecule has 144 valence electrons. The van der Waals surface area contributed by atoms with Crippen LogP contribution in [0.25, 0.3) is 5.57 Å². The van der Waals surface area contributed by atoms with Gasteiger partial charge >= 0.3 is 0 Å². The van der Waals surface area contributed by atoms with Gasteiger partial charge in [0.05, 0.1) is 11.8 Å². The lowest BCUT2D eigenvalue weighted by molar-refractivity contribution is -0.0426. The van der Waals surface area contributed by atoms with Gasteiger partial charge in [0.1, 0.15) is 6.33 Å². The molecule has 27 heavy (non-hydrogen) atoms. The molecule has 1 heterocycles. The Balaban J connectivity index is 1.52. The Kier molecular flexibility index (Phi) is 3.92. The van der Waals surface area contributed by atoms with E-state index in [-0.39, 0.29) is 11.5 Å². The second kappa shape index (κ2) is 6.01. The second-order valence-electron chi connectivity index (χ2n) is 10.1. The molecule has 1 N–H and O–H groups in total. The van der Waals surface area contributed by atoms with E-state index in [1.807, 2.05) is 6.20 Å². The zero-order valence-corrected chi connectivity index (χ0v) is 16.9. The van der Waals surface area contributed by atoms with Crippen molar-refractivity contribution in [2.75, 3.05) is 0 Å². The summed E-state index contributed by atoms with van der Waals surface area (Å²) in [6.45, 7) is 7.43. The predicted molar refractivity (Wildman–Crippen MR) is 108 cm³/mol. The fourth-order valence-electron chi connectivity index (χ4n) is 7.42. The fraction of sp³-hybridized carbons (Fsp3) is 0.667. The highest BCUT2D eigenvalue weighted by Crippen LogP contribution is 2.67. The Bertz CT molecular complexity index is 800. The first kappa shape index (κ1) is 17.6. The Morgan fingerprint density at radius 2 is 1.93 bits per heavy atom. The van der Waals surface area contributed by atoms with Crippen molar-refractivity contribution in [2.45, 2.75) is 65.4 Å². The molecule has 0 bridgehead atoms. The number of aromatic nitrogens is 2. The van der Waals surface area contributed by atoms with Gasteiger partial charge in [-0.15, -0.1) is 0 Å². The number of hydrogen-bond acceptors (Lipinski definition) is 3. The summed E-state index contributed by atoms with van der Waals surface area (Å²) < 4.78 is 0. The molecule has 0 radical (unpaired) electrons. The molecular formula is C24H32N2O. The van der Waals surface area contributed by atoms with Gasteiger partial charge < -0.3 is 5.11 Å². The van der Waals surface area contributed by atoms with Crippen LogP contribution in [-0.4, -0.2) is 21.2 Å². The third kappa shape index (κ3) is 2.43. The summed E-state index contributed by atoms with van der Waals surface area (Å²) in [7, 11) is 0. The highest BCUT2D eigenvalue weighted by Gasteiger charge is 2.58. The largest absolute Gasteiger partial charge is 0.393 e. The topological polar surface area (TPSA) is 46.0 Å². The van der Waals surface area contributed by atoms with Gasteiger partial charge in [0, 0.05) is 6.20 Å². The van der Waals surface area contributed by atoms with Gasteiger partial charge in [-0.2, -0.15) is 0 Å². The van der Waals surface area contributed by atoms with E-state index in [2.05, 4.69) is 49.0 Å². The molecule has 0 saturated heterocycles. The molecule has 0 aliphatic heterocycles. The summed E-state index contributed by atoms with van der Waals surface area (Å²) >= 11 is 0. The lowest BCUT2D eigenvalue weighted by Crippen LogP contribution is -2.52. The second-order valence-corrected chi connectivity index (χ2v) is 10.1. The number of hydrogen-bond donors (Lipinski definition) is 1. The molecule has 7 atom stereocenters. The van der Waals surface area contributed by atoms with Crippen LogP contribution in [0.4, 0.5) is 0 Å². The van der Waals surface area contributed by atoms with Crippen molar-refractivity contribution in [2.24, 2.45) is 34.5 Å². The van der Waals surface area contributed by atoms with E-state index in [4.69, 9.17) is 0 Å². The van der Waals surface area contributed by atoms with E-state index in [1.54, 1.807) is 11.9 Å². The molecule has 5 rings (SSSR count). The third-order valence-corrected chi connectivity index (χ3v) is 8.85. The van der Waals surface area contributed by atoms with Crippen LogP contribution in [0.3, 0.4) is 0 Å². The number of aliphatic hydroxyl groups is 1. The lowest BCUT2D eigenvalue weighted by Gasteiger charge is -2.59. The number of rotatable bonds is 1. The smallest absolute Gasteiger partial charge is 0.116 e. The molecular weight excluding hydrogens is 332 g/mol. The summed E-state index contributed by atoms with van der Waals surface area (Å²) in [5.74, 6) is 2.81. The molecule has 0 aromatic carbocycles. The van der Waals surface area contributed by atoms with Gasteiger partial charge in [0.25, 0.3) is 0 Å². The van der Waals surface area contributed by atoms with Crippen molar-refractivity contribution in [1.82, 2.24) is 9.97 Å². The summed E-state index contributed by atoms with van der Waals surface area (Å²) in [6, 6.07) is 2.08. The number of allylic oxidation sites excluding steroid dienone is 3. The molecule has 2 saturated carbocycles. The summed E-state index contributed by atoms with van der Waals surface area (Å²) in [4.78, 5) is 8.70. The summed E-state index contributed by atoms with van der Waals surface area (Å²) in [6.07, 6.45) is 15.2. The van der Waals surface area contributed by atoms with Crippen LogP contribution in [0.1, 0.15) is 65.0 Å². The van der Waals surface area contributed by atoms with Crippen LogP contribution in [-0.2, 0) is 0 Å². The molecule has 3 heteroatoms. The van der Waals surface area contributed by atoms with Gasteiger partial charge in [-0.1, -0.05) is 38.5 Å². The highest BCUT2D eigenvalue weighted by molar-refractivity contribution is 5.70. The number of nitrogens with zero attached hydrogens (tertiary/aromatic N) is 2. The van der Waals surface area contributed by atoms with E-state index in [0.717, 1.165) is 36.8 Å². The average molecular weight is 365 g/mol. The van der Waals surface area contributed by atoms with Crippen molar-refractivity contribution in [3.63, 3.8) is 0 Å². The first-order valence-corrected chi connectivity index (χ1v) is 10.8. The SMILES string of the molecule is C[C@@H]1C=C2CC(O)CC[C@]2(C)[C@H]2CC[C@]3(C)C(c4ccncn4)=CC[C@H]3[C@H]12. The molecule has 4 aliphatic carbocycles. The standard InChI is InChI=1S/C24H32N2O/c1-15-12-16-13-17(27)6-9-23(16,2)20-7-10-24(3)18(4-5-19(24)22(15)20)21-8-11-25-14-26-21/h4,8,11-12,14-15,17,19-20,22,27H,5-7,9-10,13H2,1-3H3/t15-,17?,19+,20+,22+,23+,24-/m1/s1. The molecule has 1 unspecified atom stereocenters. The average Bonchev–Trinajstić information content (AvgIpc) is 3.01. The van der Waals surface area contributed by atoms with Crippen LogP contribution in [0.15, 0.2) is 36.3 Å². The summed E-state index contributed by atoms with van der Waals surface area (Å²) in [5.41, 5.74) is 4.68. The van der Waals surface area contributed by atoms with Crippen LogP contribution >= 0.6 is 0 Å². The molecule has 1 aromatic rings. The van der Waals surface area contributed by atoms with Crippen LogP contribution in [0.2, 0.25) is 0 Å². The Hall–Kier alpha value is -1.48. The molecule has 0 amide bonds. The normalized spacial score (nSPS) is 46.0. The van der Waals surface area contributed by atoms with Crippen molar-refractivity contribution in [3.8, 4) is 0 Å². The van der Waals surface area contributed by atoms with E-state index >= 15 is 0 Å². The lowest BCUT2D eigenvalue weighted by atomic mass is 9.45. The van der Waals surface area contributed by atoms with Gasteiger partial charge in [0.15, 0.2) is 0 Å². The highest BCUT2D eigenvalue weighted by atomic mass is 16.3.